The number of nitrogen functional groups attached to an aromatic ring is 1. The molecule has 2 aromatic rings. The summed E-state index contributed by atoms with van der Waals surface area (Å²) in [5.41, 5.74) is 6.90. The lowest BCUT2D eigenvalue weighted by Crippen LogP contribution is -2.36. The van der Waals surface area contributed by atoms with E-state index in [1.54, 1.807) is 26.4 Å². The smallest absolute Gasteiger partial charge is 0.347 e. The molecule has 0 spiro atoms. The third-order valence-corrected chi connectivity index (χ3v) is 4.82. The van der Waals surface area contributed by atoms with E-state index in [0.717, 1.165) is 24.6 Å². The molecule has 1 aromatic carbocycles. The van der Waals surface area contributed by atoms with Crippen LogP contribution < -0.4 is 30.4 Å². The van der Waals surface area contributed by atoms with E-state index in [-0.39, 0.29) is 12.0 Å². The monoisotopic (exact) mass is 390 g/mol. The molecule has 1 aliphatic rings. The number of ether oxygens (including phenoxy) is 3. The number of benzene rings is 1. The Morgan fingerprint density at radius 2 is 2.14 bits per heavy atom. The summed E-state index contributed by atoms with van der Waals surface area (Å²) in [6, 6.07) is 3.61. The van der Waals surface area contributed by atoms with Crippen molar-refractivity contribution < 1.29 is 24.0 Å². The number of hydrogen-bond donors (Lipinski definition) is 2. The molecule has 0 aliphatic carbocycles. The second-order valence-corrected chi connectivity index (χ2v) is 6.77. The van der Waals surface area contributed by atoms with Gasteiger partial charge in [0, 0.05) is 32.3 Å². The molecule has 1 aromatic heterocycles. The van der Waals surface area contributed by atoms with E-state index in [1.807, 2.05) is 11.9 Å². The van der Waals surface area contributed by atoms with Crippen LogP contribution in [0.4, 0.5) is 11.8 Å². The van der Waals surface area contributed by atoms with Crippen molar-refractivity contribution in [1.82, 2.24) is 10.3 Å². The first-order chi connectivity index (χ1) is 13.5. The van der Waals surface area contributed by atoms with E-state index in [2.05, 4.69) is 15.3 Å². The summed E-state index contributed by atoms with van der Waals surface area (Å²) in [5.74, 6) is 2.31. The van der Waals surface area contributed by atoms with Crippen molar-refractivity contribution in [1.29, 1.82) is 0 Å². The van der Waals surface area contributed by atoms with Crippen LogP contribution in [0.3, 0.4) is 0 Å². The predicted molar refractivity (Wildman–Crippen MR) is 106 cm³/mol. The lowest BCUT2D eigenvalue weighted by atomic mass is 10.2. The van der Waals surface area contributed by atoms with Gasteiger partial charge in [-0.2, -0.15) is 0 Å². The van der Waals surface area contributed by atoms with Crippen molar-refractivity contribution in [2.75, 3.05) is 51.6 Å². The van der Waals surface area contributed by atoms with Gasteiger partial charge < -0.3 is 25.3 Å². The molecule has 0 radical (unpaired) electrons. The first-order valence-corrected chi connectivity index (χ1v) is 9.38. The van der Waals surface area contributed by atoms with Crippen LogP contribution >= 0.6 is 0 Å². The van der Waals surface area contributed by atoms with Crippen molar-refractivity contribution in [3.8, 4) is 11.5 Å². The third kappa shape index (κ3) is 4.36. The minimum Gasteiger partial charge on any atom is -0.493 e. The molecule has 1 saturated heterocycles. The average molecular weight is 390 g/mol. The second-order valence-electron chi connectivity index (χ2n) is 6.77. The van der Waals surface area contributed by atoms with Crippen molar-refractivity contribution >= 4 is 28.6 Å². The summed E-state index contributed by atoms with van der Waals surface area (Å²) in [4.78, 5) is 21.7. The molecule has 1 aliphatic heterocycles. The SMILES string of the molecule is COc1cc2nc(N(C)CCCNC(=O)[C@@H]3CCCO3)[nH+]c(N)c2cc1OC. The number of anilines is 2. The Balaban J connectivity index is 1.62. The van der Waals surface area contributed by atoms with Crippen LogP contribution in [0.25, 0.3) is 10.9 Å². The van der Waals surface area contributed by atoms with E-state index >= 15 is 0 Å². The standard InChI is InChI=1S/C19H27N5O4/c1-24(8-5-7-21-18(25)14-6-4-9-28-14)19-22-13-11-16(27-3)15(26-2)10-12(13)17(20)23-19/h10-11,14H,4-9H2,1-3H3,(H,21,25)(H2,20,22,23)/p+1/t14-/m0/s1. The Morgan fingerprint density at radius 3 is 2.82 bits per heavy atom. The zero-order chi connectivity index (χ0) is 20.1. The van der Waals surface area contributed by atoms with Crippen molar-refractivity contribution in [2.45, 2.75) is 25.4 Å². The van der Waals surface area contributed by atoms with Gasteiger partial charge in [-0.1, -0.05) is 0 Å². The van der Waals surface area contributed by atoms with Gasteiger partial charge in [0.05, 0.1) is 26.2 Å². The number of methoxy groups -OCH3 is 2. The van der Waals surface area contributed by atoms with Gasteiger partial charge in [-0.25, -0.2) is 4.98 Å². The number of hydrogen-bond acceptors (Lipinski definition) is 7. The Bertz CT molecular complexity index is 839. The number of H-pyrrole nitrogens is 1. The molecule has 1 atom stereocenters. The highest BCUT2D eigenvalue weighted by molar-refractivity contribution is 5.90. The highest BCUT2D eigenvalue weighted by atomic mass is 16.5. The van der Waals surface area contributed by atoms with Gasteiger partial charge >= 0.3 is 5.95 Å². The average Bonchev–Trinajstić information content (AvgIpc) is 3.24. The number of fused-ring (bicyclic) bond motifs is 1. The number of nitrogens with one attached hydrogen (secondary N) is 2. The van der Waals surface area contributed by atoms with Crippen LogP contribution in [-0.4, -0.2) is 58.0 Å². The molecule has 1 fully saturated rings. The molecule has 28 heavy (non-hydrogen) atoms. The number of nitrogens with two attached hydrogens (primary N) is 1. The zero-order valence-electron chi connectivity index (χ0n) is 16.6. The molecule has 0 saturated carbocycles. The van der Waals surface area contributed by atoms with Gasteiger partial charge in [0.2, 0.25) is 11.7 Å². The summed E-state index contributed by atoms with van der Waals surface area (Å²) in [5, 5.41) is 3.69. The van der Waals surface area contributed by atoms with Crippen molar-refractivity contribution in [2.24, 2.45) is 0 Å². The third-order valence-electron chi connectivity index (χ3n) is 4.82. The highest BCUT2D eigenvalue weighted by Crippen LogP contribution is 2.33. The maximum Gasteiger partial charge on any atom is 0.347 e. The minimum absolute atomic E-state index is 0.0270. The molecule has 2 heterocycles. The summed E-state index contributed by atoms with van der Waals surface area (Å²) >= 11 is 0. The maximum absolute atomic E-state index is 12.0. The lowest BCUT2D eigenvalue weighted by molar-refractivity contribution is -0.348. The van der Waals surface area contributed by atoms with Gasteiger partial charge in [0.15, 0.2) is 11.5 Å². The van der Waals surface area contributed by atoms with Crippen LogP contribution in [0.5, 0.6) is 11.5 Å². The first kappa shape index (κ1) is 19.9. The molecule has 9 nitrogen and oxygen atoms in total. The van der Waals surface area contributed by atoms with Crippen LogP contribution in [0.2, 0.25) is 0 Å². The lowest BCUT2D eigenvalue weighted by Gasteiger charge is -2.15. The van der Waals surface area contributed by atoms with Gasteiger partial charge in [-0.15, -0.1) is 4.98 Å². The van der Waals surface area contributed by atoms with E-state index in [9.17, 15) is 4.79 Å². The predicted octanol–water partition coefficient (Wildman–Crippen LogP) is 0.770. The fourth-order valence-corrected chi connectivity index (χ4v) is 3.22. The number of amides is 1. The Hall–Kier alpha value is -2.81. The molecule has 4 N–H and O–H groups in total. The molecule has 3 rings (SSSR count). The number of carbonyl (C=O) groups excluding carboxylic acids is 1. The van der Waals surface area contributed by atoms with Crippen LogP contribution in [0.15, 0.2) is 12.1 Å². The van der Waals surface area contributed by atoms with E-state index in [0.29, 0.717) is 48.5 Å². The largest absolute Gasteiger partial charge is 0.493 e. The molecule has 9 heteroatoms. The van der Waals surface area contributed by atoms with Crippen LogP contribution in [-0.2, 0) is 9.53 Å². The molecular weight excluding hydrogens is 362 g/mol. The Labute approximate surface area is 164 Å². The summed E-state index contributed by atoms with van der Waals surface area (Å²) < 4.78 is 16.1. The highest BCUT2D eigenvalue weighted by Gasteiger charge is 2.23. The molecule has 152 valence electrons. The van der Waals surface area contributed by atoms with Gasteiger partial charge in [-0.3, -0.25) is 9.69 Å². The maximum atomic E-state index is 12.0. The Kier molecular flexibility index (Phi) is 6.35. The number of rotatable bonds is 8. The van der Waals surface area contributed by atoms with E-state index < -0.39 is 0 Å². The fraction of sp³-hybridized carbons (Fsp3) is 0.526. The topological polar surface area (TPSA) is 113 Å². The molecule has 1 amide bonds. The van der Waals surface area contributed by atoms with Crippen molar-refractivity contribution in [3.05, 3.63) is 12.1 Å². The summed E-state index contributed by atoms with van der Waals surface area (Å²) in [6.07, 6.45) is 2.23. The van der Waals surface area contributed by atoms with Gasteiger partial charge in [0.25, 0.3) is 0 Å². The van der Waals surface area contributed by atoms with E-state index in [1.165, 1.54) is 0 Å². The minimum atomic E-state index is -0.292. The van der Waals surface area contributed by atoms with Gasteiger partial charge in [0.1, 0.15) is 11.6 Å². The normalized spacial score (nSPS) is 16.2. The van der Waals surface area contributed by atoms with Crippen LogP contribution in [0.1, 0.15) is 19.3 Å². The Morgan fingerprint density at radius 1 is 1.39 bits per heavy atom. The number of aromatic amines is 1. The summed E-state index contributed by atoms with van der Waals surface area (Å²) in [6.45, 7) is 1.95. The zero-order valence-corrected chi connectivity index (χ0v) is 16.6. The number of nitrogens with zero attached hydrogens (tertiary/aromatic N) is 2. The second kappa shape index (κ2) is 8.92. The number of aromatic nitrogens is 2. The van der Waals surface area contributed by atoms with Gasteiger partial charge in [-0.05, 0) is 19.3 Å². The molecule has 0 unspecified atom stereocenters. The summed E-state index contributed by atoms with van der Waals surface area (Å²) in [7, 11) is 5.09. The van der Waals surface area contributed by atoms with Crippen LogP contribution in [0, 0.1) is 0 Å². The first-order valence-electron chi connectivity index (χ1n) is 9.38. The molecule has 0 bridgehead atoms. The van der Waals surface area contributed by atoms with Crippen molar-refractivity contribution in [3.63, 3.8) is 0 Å². The number of carbonyl (C=O) groups is 1. The van der Waals surface area contributed by atoms with E-state index in [4.69, 9.17) is 19.9 Å². The molecular formula is C19H28N5O4+. The fourth-order valence-electron chi connectivity index (χ4n) is 3.22. The quantitative estimate of drug-likeness (QED) is 0.640.